The standard InChI is InChI=1S/C15H12FNOS/c16-11-4-2-5-12(8-11)18-9-13-7-10-3-1-6-14(17)15(10)19-13/h1-8H,9,17H2. The van der Waals surface area contributed by atoms with Crippen LogP contribution in [0.3, 0.4) is 0 Å². The van der Waals surface area contributed by atoms with Gasteiger partial charge < -0.3 is 10.5 Å². The molecule has 0 amide bonds. The molecule has 1 aromatic heterocycles. The number of hydrogen-bond acceptors (Lipinski definition) is 3. The molecule has 0 saturated carbocycles. The summed E-state index contributed by atoms with van der Waals surface area (Å²) in [7, 11) is 0. The van der Waals surface area contributed by atoms with Gasteiger partial charge in [0.2, 0.25) is 0 Å². The quantitative estimate of drug-likeness (QED) is 0.726. The van der Waals surface area contributed by atoms with Crippen molar-refractivity contribution in [3.63, 3.8) is 0 Å². The van der Waals surface area contributed by atoms with Gasteiger partial charge in [-0.05, 0) is 29.7 Å². The van der Waals surface area contributed by atoms with Crippen molar-refractivity contribution in [2.75, 3.05) is 5.73 Å². The summed E-state index contributed by atoms with van der Waals surface area (Å²) < 4.78 is 19.7. The maximum absolute atomic E-state index is 13.0. The molecular weight excluding hydrogens is 261 g/mol. The van der Waals surface area contributed by atoms with Gasteiger partial charge >= 0.3 is 0 Å². The van der Waals surface area contributed by atoms with E-state index in [2.05, 4.69) is 6.07 Å². The van der Waals surface area contributed by atoms with E-state index < -0.39 is 0 Å². The second-order valence-corrected chi connectivity index (χ2v) is 5.36. The Bertz CT molecular complexity index is 723. The number of anilines is 1. The van der Waals surface area contributed by atoms with Crippen molar-refractivity contribution in [1.82, 2.24) is 0 Å². The van der Waals surface area contributed by atoms with Gasteiger partial charge in [-0.3, -0.25) is 0 Å². The minimum atomic E-state index is -0.293. The third kappa shape index (κ3) is 2.53. The summed E-state index contributed by atoms with van der Waals surface area (Å²) in [6.07, 6.45) is 0. The Labute approximate surface area is 114 Å². The highest BCUT2D eigenvalue weighted by Gasteiger charge is 2.05. The van der Waals surface area contributed by atoms with Gasteiger partial charge in [-0.15, -0.1) is 11.3 Å². The number of halogens is 1. The highest BCUT2D eigenvalue weighted by molar-refractivity contribution is 7.19. The number of benzene rings is 2. The van der Waals surface area contributed by atoms with E-state index in [1.807, 2.05) is 18.2 Å². The fraction of sp³-hybridized carbons (Fsp3) is 0.0667. The Balaban J connectivity index is 1.80. The zero-order chi connectivity index (χ0) is 13.2. The Morgan fingerprint density at radius 1 is 1.11 bits per heavy atom. The molecule has 0 saturated heterocycles. The van der Waals surface area contributed by atoms with Gasteiger partial charge in [-0.2, -0.15) is 0 Å². The highest BCUT2D eigenvalue weighted by Crippen LogP contribution is 2.30. The second-order valence-electron chi connectivity index (χ2n) is 4.22. The average molecular weight is 273 g/mol. The van der Waals surface area contributed by atoms with Crippen LogP contribution in [0, 0.1) is 5.82 Å². The largest absolute Gasteiger partial charge is 0.488 e. The predicted molar refractivity (Wildman–Crippen MR) is 77.0 cm³/mol. The number of fused-ring (bicyclic) bond motifs is 1. The number of nitrogens with two attached hydrogens (primary N) is 1. The van der Waals surface area contributed by atoms with Crippen LogP contribution < -0.4 is 10.5 Å². The van der Waals surface area contributed by atoms with E-state index >= 15 is 0 Å². The molecule has 0 radical (unpaired) electrons. The number of thiophene rings is 1. The third-order valence-corrected chi connectivity index (χ3v) is 3.98. The first kappa shape index (κ1) is 12.0. The lowest BCUT2D eigenvalue weighted by atomic mass is 10.2. The lowest BCUT2D eigenvalue weighted by molar-refractivity contribution is 0.308. The van der Waals surface area contributed by atoms with Crippen LogP contribution in [-0.2, 0) is 6.61 Å². The van der Waals surface area contributed by atoms with Crippen molar-refractivity contribution in [2.45, 2.75) is 6.61 Å². The van der Waals surface area contributed by atoms with E-state index in [-0.39, 0.29) is 5.82 Å². The SMILES string of the molecule is Nc1cccc2cc(COc3cccc(F)c3)sc12. The Morgan fingerprint density at radius 2 is 1.95 bits per heavy atom. The van der Waals surface area contributed by atoms with Crippen molar-refractivity contribution >= 4 is 27.1 Å². The lowest BCUT2D eigenvalue weighted by Crippen LogP contribution is -1.92. The molecule has 1 heterocycles. The summed E-state index contributed by atoms with van der Waals surface area (Å²) in [5.41, 5.74) is 6.69. The van der Waals surface area contributed by atoms with Gasteiger partial charge in [0, 0.05) is 16.6 Å². The molecule has 2 nitrogen and oxygen atoms in total. The van der Waals surface area contributed by atoms with Crippen molar-refractivity contribution in [1.29, 1.82) is 0 Å². The highest BCUT2D eigenvalue weighted by atomic mass is 32.1. The fourth-order valence-corrected chi connectivity index (χ4v) is 2.92. The van der Waals surface area contributed by atoms with Gasteiger partial charge in [0.1, 0.15) is 18.2 Å². The van der Waals surface area contributed by atoms with Crippen LogP contribution in [0.4, 0.5) is 10.1 Å². The van der Waals surface area contributed by atoms with Crippen molar-refractivity contribution in [3.8, 4) is 5.75 Å². The summed E-state index contributed by atoms with van der Waals surface area (Å²) in [4.78, 5) is 1.07. The first-order valence-corrected chi connectivity index (χ1v) is 6.69. The van der Waals surface area contributed by atoms with Crippen molar-refractivity contribution in [2.24, 2.45) is 0 Å². The molecule has 2 N–H and O–H groups in total. The first-order valence-electron chi connectivity index (χ1n) is 5.87. The van der Waals surface area contributed by atoms with E-state index in [0.717, 1.165) is 20.7 Å². The van der Waals surface area contributed by atoms with Gasteiger partial charge in [-0.25, -0.2) is 4.39 Å². The molecule has 0 fully saturated rings. The molecule has 19 heavy (non-hydrogen) atoms. The molecule has 3 aromatic rings. The Hall–Kier alpha value is -2.07. The van der Waals surface area contributed by atoms with Crippen LogP contribution in [0.15, 0.2) is 48.5 Å². The van der Waals surface area contributed by atoms with E-state index in [1.54, 1.807) is 23.5 Å². The van der Waals surface area contributed by atoms with Gasteiger partial charge in [0.25, 0.3) is 0 Å². The summed E-state index contributed by atoms with van der Waals surface area (Å²) in [5.74, 6) is 0.239. The third-order valence-electron chi connectivity index (χ3n) is 2.80. The van der Waals surface area contributed by atoms with Crippen LogP contribution in [0.25, 0.3) is 10.1 Å². The molecule has 0 aliphatic carbocycles. The minimum Gasteiger partial charge on any atom is -0.488 e. The average Bonchev–Trinajstić information content (AvgIpc) is 2.81. The van der Waals surface area contributed by atoms with Crippen molar-refractivity contribution in [3.05, 3.63) is 59.2 Å². The molecule has 2 aromatic carbocycles. The van der Waals surface area contributed by atoms with E-state index in [9.17, 15) is 4.39 Å². The summed E-state index contributed by atoms with van der Waals surface area (Å²) in [6, 6.07) is 14.0. The van der Waals surface area contributed by atoms with E-state index in [0.29, 0.717) is 12.4 Å². The molecule has 0 aliphatic heterocycles. The molecule has 0 spiro atoms. The number of rotatable bonds is 3. The Morgan fingerprint density at radius 3 is 2.74 bits per heavy atom. The fourth-order valence-electron chi connectivity index (χ4n) is 1.92. The Kier molecular flexibility index (Phi) is 3.09. The molecule has 0 bridgehead atoms. The van der Waals surface area contributed by atoms with Crippen molar-refractivity contribution < 1.29 is 9.13 Å². The van der Waals surface area contributed by atoms with Crippen LogP contribution >= 0.6 is 11.3 Å². The minimum absolute atomic E-state index is 0.293. The normalized spacial score (nSPS) is 10.8. The monoisotopic (exact) mass is 273 g/mol. The zero-order valence-corrected chi connectivity index (χ0v) is 10.9. The van der Waals surface area contributed by atoms with Gasteiger partial charge in [0.15, 0.2) is 0 Å². The maximum Gasteiger partial charge on any atom is 0.126 e. The van der Waals surface area contributed by atoms with Crippen LogP contribution in [0.5, 0.6) is 5.75 Å². The van der Waals surface area contributed by atoms with Crippen LogP contribution in [0.1, 0.15) is 4.88 Å². The van der Waals surface area contributed by atoms with Gasteiger partial charge in [-0.1, -0.05) is 18.2 Å². The summed E-state index contributed by atoms with van der Waals surface area (Å²) in [5, 5.41) is 1.11. The van der Waals surface area contributed by atoms with Gasteiger partial charge in [0.05, 0.1) is 4.70 Å². The number of hydrogen-bond donors (Lipinski definition) is 1. The first-order chi connectivity index (χ1) is 9.22. The summed E-state index contributed by atoms with van der Waals surface area (Å²) in [6.45, 7) is 0.419. The molecule has 4 heteroatoms. The molecule has 96 valence electrons. The van der Waals surface area contributed by atoms with E-state index in [1.165, 1.54) is 12.1 Å². The molecule has 3 rings (SSSR count). The number of nitrogen functional groups attached to an aromatic ring is 1. The smallest absolute Gasteiger partial charge is 0.126 e. The number of ether oxygens (including phenoxy) is 1. The lowest BCUT2D eigenvalue weighted by Gasteiger charge is -2.03. The second kappa shape index (κ2) is 4.90. The molecule has 0 unspecified atom stereocenters. The van der Waals surface area contributed by atoms with Crippen LogP contribution in [0.2, 0.25) is 0 Å². The predicted octanol–water partition coefficient (Wildman–Crippen LogP) is 4.20. The maximum atomic E-state index is 13.0. The summed E-state index contributed by atoms with van der Waals surface area (Å²) >= 11 is 1.60. The molecular formula is C15H12FNOS. The van der Waals surface area contributed by atoms with E-state index in [4.69, 9.17) is 10.5 Å². The molecule has 0 aliphatic rings. The zero-order valence-electron chi connectivity index (χ0n) is 10.1. The molecule has 0 atom stereocenters. The topological polar surface area (TPSA) is 35.2 Å². The van der Waals surface area contributed by atoms with Crippen LogP contribution in [-0.4, -0.2) is 0 Å².